The molecule has 1 aromatic carbocycles. The molecule has 15 heavy (non-hydrogen) atoms. The Hall–Kier alpha value is -0.820. The number of carboxylic acids is 1. The molecular weight excluding hydrogens is 330 g/mol. The molecule has 0 aliphatic heterocycles. The smallest absolute Gasteiger partial charge is 0.335 e. The highest BCUT2D eigenvalue weighted by Crippen LogP contribution is 2.22. The molecule has 4 nitrogen and oxygen atoms in total. The van der Waals surface area contributed by atoms with Gasteiger partial charge in [-0.1, -0.05) is 0 Å². The van der Waals surface area contributed by atoms with Crippen molar-refractivity contribution in [2.45, 2.75) is 0 Å². The summed E-state index contributed by atoms with van der Waals surface area (Å²) in [6, 6.07) is 4.61. The molecule has 0 radical (unpaired) electrons. The van der Waals surface area contributed by atoms with Crippen LogP contribution in [0.3, 0.4) is 0 Å². The molecule has 0 saturated heterocycles. The molecule has 0 unspecified atom stereocenters. The maximum Gasteiger partial charge on any atom is 0.335 e. The van der Waals surface area contributed by atoms with Crippen molar-refractivity contribution in [3.63, 3.8) is 0 Å². The van der Waals surface area contributed by atoms with Gasteiger partial charge in [0.1, 0.15) is 5.84 Å². The van der Waals surface area contributed by atoms with E-state index in [1.165, 1.54) is 12.1 Å². The molecule has 0 fully saturated rings. The topological polar surface area (TPSA) is 75.7 Å². The number of hydrogen-bond donors (Lipinski definition) is 2. The van der Waals surface area contributed by atoms with Crippen LogP contribution < -0.4 is 5.73 Å². The average Bonchev–Trinajstić information content (AvgIpc) is 2.20. The van der Waals surface area contributed by atoms with Crippen LogP contribution in [0.25, 0.3) is 0 Å². The third-order valence-electron chi connectivity index (χ3n) is 1.60. The lowest BCUT2D eigenvalue weighted by Gasteiger charge is -2.01. The van der Waals surface area contributed by atoms with Gasteiger partial charge < -0.3 is 10.8 Å². The van der Waals surface area contributed by atoms with Crippen LogP contribution in [0.2, 0.25) is 0 Å². The van der Waals surface area contributed by atoms with Crippen LogP contribution in [0, 0.1) is 3.57 Å². The molecule has 0 saturated carbocycles. The Kier molecular flexibility index (Phi) is 4.34. The monoisotopic (exact) mass is 338 g/mol. The fourth-order valence-corrected chi connectivity index (χ4v) is 1.61. The quantitative estimate of drug-likeness (QED) is 0.384. The van der Waals surface area contributed by atoms with Crippen LogP contribution in [-0.4, -0.2) is 22.8 Å². The summed E-state index contributed by atoms with van der Waals surface area (Å²) in [5.41, 5.74) is 6.32. The van der Waals surface area contributed by atoms with Crippen molar-refractivity contribution in [2.75, 3.05) is 5.88 Å². The molecule has 0 spiro atoms. The lowest BCUT2D eigenvalue weighted by molar-refractivity contribution is 0.0697. The molecule has 0 aromatic heterocycles. The standard InChI is InChI=1S/C9H8ClIN2O2/c10-4-8(12)13-7-2-1-5(9(14)15)3-6(7)11/h1-3H,4H2,(H2,12,13)(H,14,15). The highest BCUT2D eigenvalue weighted by atomic mass is 127. The largest absolute Gasteiger partial charge is 0.478 e. The number of aliphatic imine (C=N–C) groups is 1. The van der Waals surface area contributed by atoms with Gasteiger partial charge in [0.25, 0.3) is 0 Å². The molecule has 3 N–H and O–H groups in total. The van der Waals surface area contributed by atoms with Crippen molar-refractivity contribution in [3.05, 3.63) is 27.3 Å². The van der Waals surface area contributed by atoms with Crippen molar-refractivity contribution in [1.82, 2.24) is 0 Å². The normalized spacial score (nSPS) is 11.5. The summed E-state index contributed by atoms with van der Waals surface area (Å²) in [6.45, 7) is 0. The second-order valence-corrected chi connectivity index (χ2v) is 4.14. The minimum atomic E-state index is -0.964. The summed E-state index contributed by atoms with van der Waals surface area (Å²) in [7, 11) is 0. The maximum atomic E-state index is 10.7. The SMILES string of the molecule is NC(CCl)=Nc1ccc(C(=O)O)cc1I. The van der Waals surface area contributed by atoms with Gasteiger partial charge in [0, 0.05) is 3.57 Å². The van der Waals surface area contributed by atoms with Gasteiger partial charge in [-0.3, -0.25) is 0 Å². The van der Waals surface area contributed by atoms with E-state index in [0.717, 1.165) is 3.57 Å². The van der Waals surface area contributed by atoms with Crippen molar-refractivity contribution in [1.29, 1.82) is 0 Å². The number of rotatable bonds is 3. The van der Waals surface area contributed by atoms with E-state index in [2.05, 4.69) is 4.99 Å². The Labute approximate surface area is 105 Å². The zero-order valence-corrected chi connectivity index (χ0v) is 10.5. The molecule has 1 aromatic rings. The molecule has 0 aliphatic rings. The zero-order valence-electron chi connectivity index (χ0n) is 7.58. The van der Waals surface area contributed by atoms with E-state index in [0.29, 0.717) is 11.5 Å². The van der Waals surface area contributed by atoms with Crippen LogP contribution in [0.1, 0.15) is 10.4 Å². The zero-order chi connectivity index (χ0) is 11.4. The van der Waals surface area contributed by atoms with Crippen LogP contribution in [0.15, 0.2) is 23.2 Å². The first-order valence-electron chi connectivity index (χ1n) is 3.96. The second kappa shape index (κ2) is 5.32. The molecule has 6 heteroatoms. The summed E-state index contributed by atoms with van der Waals surface area (Å²) in [5, 5.41) is 8.74. The van der Waals surface area contributed by atoms with E-state index >= 15 is 0 Å². The third-order valence-corrected chi connectivity index (χ3v) is 2.73. The molecular formula is C9H8ClIN2O2. The first kappa shape index (κ1) is 12.3. The first-order chi connectivity index (χ1) is 7.04. The summed E-state index contributed by atoms with van der Waals surface area (Å²) in [6.07, 6.45) is 0. The van der Waals surface area contributed by atoms with Crippen molar-refractivity contribution < 1.29 is 9.90 Å². The summed E-state index contributed by atoms with van der Waals surface area (Å²) < 4.78 is 0.723. The lowest BCUT2D eigenvalue weighted by Crippen LogP contribution is -2.12. The van der Waals surface area contributed by atoms with Gasteiger partial charge in [0.05, 0.1) is 17.1 Å². The maximum absolute atomic E-state index is 10.7. The predicted octanol–water partition coefficient (Wildman–Crippen LogP) is 2.22. The number of halogens is 2. The molecule has 0 heterocycles. The minimum absolute atomic E-state index is 0.150. The number of hydrogen-bond acceptors (Lipinski definition) is 2. The van der Waals surface area contributed by atoms with E-state index in [4.69, 9.17) is 22.4 Å². The second-order valence-electron chi connectivity index (χ2n) is 2.71. The van der Waals surface area contributed by atoms with Gasteiger partial charge in [-0.15, -0.1) is 11.6 Å². The molecule has 0 atom stereocenters. The molecule has 0 amide bonds. The number of carbonyl (C=O) groups is 1. The Bertz CT molecular complexity index is 421. The predicted molar refractivity (Wildman–Crippen MR) is 68.1 cm³/mol. The van der Waals surface area contributed by atoms with Crippen molar-refractivity contribution >= 4 is 51.7 Å². The van der Waals surface area contributed by atoms with E-state index in [9.17, 15) is 4.79 Å². The molecule has 0 bridgehead atoms. The van der Waals surface area contributed by atoms with Crippen molar-refractivity contribution in [2.24, 2.45) is 10.7 Å². The van der Waals surface area contributed by atoms with E-state index < -0.39 is 5.97 Å². The van der Waals surface area contributed by atoms with Gasteiger partial charge in [0.15, 0.2) is 0 Å². The molecule has 0 aliphatic carbocycles. The Morgan fingerprint density at radius 2 is 2.27 bits per heavy atom. The Morgan fingerprint density at radius 1 is 1.60 bits per heavy atom. The Balaban J connectivity index is 3.09. The number of nitrogens with zero attached hydrogens (tertiary/aromatic N) is 1. The fraction of sp³-hybridized carbons (Fsp3) is 0.111. The highest BCUT2D eigenvalue weighted by Gasteiger charge is 2.06. The number of benzene rings is 1. The van der Waals surface area contributed by atoms with Gasteiger partial charge in [0.2, 0.25) is 0 Å². The van der Waals surface area contributed by atoms with Crippen molar-refractivity contribution in [3.8, 4) is 0 Å². The van der Waals surface area contributed by atoms with E-state index in [1.807, 2.05) is 22.6 Å². The van der Waals surface area contributed by atoms with Gasteiger partial charge in [-0.25, -0.2) is 9.79 Å². The fourth-order valence-electron chi connectivity index (χ4n) is 0.915. The lowest BCUT2D eigenvalue weighted by atomic mass is 10.2. The first-order valence-corrected chi connectivity index (χ1v) is 5.57. The van der Waals surface area contributed by atoms with E-state index in [-0.39, 0.29) is 11.4 Å². The Morgan fingerprint density at radius 3 is 2.73 bits per heavy atom. The number of amidine groups is 1. The highest BCUT2D eigenvalue weighted by molar-refractivity contribution is 14.1. The summed E-state index contributed by atoms with van der Waals surface area (Å²) >= 11 is 7.48. The number of aromatic carboxylic acids is 1. The minimum Gasteiger partial charge on any atom is -0.478 e. The summed E-state index contributed by atoms with van der Waals surface area (Å²) in [4.78, 5) is 14.7. The third kappa shape index (κ3) is 3.35. The molecule has 80 valence electrons. The van der Waals surface area contributed by atoms with Crippen LogP contribution >= 0.6 is 34.2 Å². The summed E-state index contributed by atoms with van der Waals surface area (Å²) in [5.74, 6) is -0.511. The van der Waals surface area contributed by atoms with Gasteiger partial charge in [-0.05, 0) is 40.8 Å². The average molecular weight is 339 g/mol. The van der Waals surface area contributed by atoms with Gasteiger partial charge >= 0.3 is 5.97 Å². The number of alkyl halides is 1. The number of carboxylic acid groups (broad SMARTS) is 1. The van der Waals surface area contributed by atoms with Crippen LogP contribution in [-0.2, 0) is 0 Å². The number of nitrogens with two attached hydrogens (primary N) is 1. The van der Waals surface area contributed by atoms with E-state index in [1.54, 1.807) is 6.07 Å². The molecule has 1 rings (SSSR count). The van der Waals surface area contributed by atoms with Crippen LogP contribution in [0.5, 0.6) is 0 Å². The van der Waals surface area contributed by atoms with Gasteiger partial charge in [-0.2, -0.15) is 0 Å². The van der Waals surface area contributed by atoms with Crippen LogP contribution in [0.4, 0.5) is 5.69 Å².